The summed E-state index contributed by atoms with van der Waals surface area (Å²) in [7, 11) is 0. The third-order valence-corrected chi connectivity index (χ3v) is 8.38. The Hall–Kier alpha value is -3.88. The first-order chi connectivity index (χ1) is 20.1. The molecule has 5 aromatic rings. The molecule has 2 N–H and O–H groups in total. The maximum absolute atomic E-state index is 13.5. The summed E-state index contributed by atoms with van der Waals surface area (Å²) < 4.78 is 2.60. The number of halogens is 2. The lowest BCUT2D eigenvalue weighted by molar-refractivity contribution is 0.166. The summed E-state index contributed by atoms with van der Waals surface area (Å²) in [5.74, 6) is 1.11. The first-order valence-electron chi connectivity index (χ1n) is 13.7. The van der Waals surface area contributed by atoms with Crippen molar-refractivity contribution in [3.05, 3.63) is 118 Å². The number of anilines is 1. The molecule has 1 atom stereocenters. The molecule has 208 valence electrons. The van der Waals surface area contributed by atoms with Crippen molar-refractivity contribution < 1.29 is 4.79 Å². The van der Waals surface area contributed by atoms with E-state index in [2.05, 4.69) is 55.9 Å². The van der Waals surface area contributed by atoms with E-state index in [0.717, 1.165) is 52.1 Å². The van der Waals surface area contributed by atoms with Gasteiger partial charge in [0.1, 0.15) is 5.82 Å². The van der Waals surface area contributed by atoms with Gasteiger partial charge in [-0.2, -0.15) is 9.61 Å². The minimum atomic E-state index is -0.213. The van der Waals surface area contributed by atoms with E-state index in [-0.39, 0.29) is 18.0 Å². The summed E-state index contributed by atoms with van der Waals surface area (Å²) in [6.07, 6.45) is 3.73. The van der Waals surface area contributed by atoms with Crippen LogP contribution in [0.1, 0.15) is 30.0 Å². The fourth-order valence-corrected chi connectivity index (χ4v) is 5.98. The highest BCUT2D eigenvalue weighted by atomic mass is 79.9. The topological polar surface area (TPSA) is 74.6 Å². The normalized spacial score (nSPS) is 15.3. The molecule has 0 saturated carbocycles. The Balaban J connectivity index is 1.17. The van der Waals surface area contributed by atoms with Crippen molar-refractivity contribution in [3.8, 4) is 11.3 Å². The number of nitrogens with one attached hydrogen (secondary N) is 2. The molecule has 1 aliphatic heterocycles. The Labute approximate surface area is 252 Å². The Kier molecular flexibility index (Phi) is 8.21. The first-order valence-corrected chi connectivity index (χ1v) is 14.9. The molecule has 2 amide bonds. The SMILES string of the molecule is O=C(NC(c1ccccc1)c1ccccc1)N1CCCC(CNc2cc(-c3ccccc3Cl)nc3c(Br)cnn23)C1. The van der Waals surface area contributed by atoms with E-state index < -0.39 is 0 Å². The number of amides is 2. The van der Waals surface area contributed by atoms with Gasteiger partial charge < -0.3 is 15.5 Å². The van der Waals surface area contributed by atoms with Crippen molar-refractivity contribution in [2.24, 2.45) is 5.92 Å². The smallest absolute Gasteiger partial charge is 0.318 e. The Morgan fingerprint density at radius 1 is 1.00 bits per heavy atom. The predicted octanol–water partition coefficient (Wildman–Crippen LogP) is 7.44. The van der Waals surface area contributed by atoms with Crippen molar-refractivity contribution in [2.75, 3.05) is 25.0 Å². The minimum Gasteiger partial charge on any atom is -0.370 e. The number of piperidine rings is 1. The molecule has 3 aromatic carbocycles. The number of carbonyl (C=O) groups excluding carboxylic acids is 1. The third-order valence-electron chi connectivity index (χ3n) is 7.49. The highest BCUT2D eigenvalue weighted by Crippen LogP contribution is 2.31. The van der Waals surface area contributed by atoms with Crippen molar-refractivity contribution in [1.82, 2.24) is 24.8 Å². The molecule has 0 spiro atoms. The lowest BCUT2D eigenvalue weighted by Gasteiger charge is -2.34. The number of nitrogens with zero attached hydrogens (tertiary/aromatic N) is 4. The highest BCUT2D eigenvalue weighted by Gasteiger charge is 2.26. The second kappa shape index (κ2) is 12.3. The van der Waals surface area contributed by atoms with Gasteiger partial charge >= 0.3 is 6.03 Å². The first kappa shape index (κ1) is 27.3. The second-order valence-corrected chi connectivity index (χ2v) is 11.5. The van der Waals surface area contributed by atoms with Crippen LogP contribution in [0.25, 0.3) is 16.9 Å². The largest absolute Gasteiger partial charge is 0.370 e. The van der Waals surface area contributed by atoms with Gasteiger partial charge in [0.2, 0.25) is 0 Å². The number of rotatable bonds is 7. The number of likely N-dealkylation sites (tertiary alicyclic amines) is 1. The lowest BCUT2D eigenvalue weighted by Crippen LogP contribution is -2.47. The Morgan fingerprint density at radius 3 is 2.39 bits per heavy atom. The number of urea groups is 1. The molecule has 41 heavy (non-hydrogen) atoms. The minimum absolute atomic E-state index is 0.0456. The van der Waals surface area contributed by atoms with Crippen LogP contribution in [-0.4, -0.2) is 45.2 Å². The van der Waals surface area contributed by atoms with Gasteiger partial charge in [-0.1, -0.05) is 90.5 Å². The maximum Gasteiger partial charge on any atom is 0.318 e. The molecule has 9 heteroatoms. The Bertz CT molecular complexity index is 1610. The third kappa shape index (κ3) is 6.09. The lowest BCUT2D eigenvalue weighted by atomic mass is 9.97. The molecule has 0 radical (unpaired) electrons. The van der Waals surface area contributed by atoms with Crippen LogP contribution in [0.2, 0.25) is 5.02 Å². The van der Waals surface area contributed by atoms with Gasteiger partial charge in [0, 0.05) is 36.3 Å². The molecule has 1 aliphatic rings. The van der Waals surface area contributed by atoms with Gasteiger partial charge in [0.05, 0.1) is 22.4 Å². The van der Waals surface area contributed by atoms with Crippen LogP contribution >= 0.6 is 27.5 Å². The van der Waals surface area contributed by atoms with Gasteiger partial charge in [0.15, 0.2) is 5.65 Å². The molecular weight excluding hydrogens is 600 g/mol. The van der Waals surface area contributed by atoms with E-state index in [1.54, 1.807) is 10.7 Å². The average Bonchev–Trinajstić information content (AvgIpc) is 3.40. The van der Waals surface area contributed by atoms with Gasteiger partial charge in [-0.25, -0.2) is 9.78 Å². The van der Waals surface area contributed by atoms with Crippen LogP contribution in [0.4, 0.5) is 10.6 Å². The number of benzene rings is 3. The number of aromatic nitrogens is 3. The van der Waals surface area contributed by atoms with E-state index in [9.17, 15) is 4.79 Å². The molecule has 1 fully saturated rings. The molecule has 0 aliphatic carbocycles. The van der Waals surface area contributed by atoms with Crippen LogP contribution in [0.15, 0.2) is 102 Å². The highest BCUT2D eigenvalue weighted by molar-refractivity contribution is 9.10. The summed E-state index contributed by atoms with van der Waals surface area (Å²) in [4.78, 5) is 20.3. The maximum atomic E-state index is 13.5. The number of hydrogen-bond donors (Lipinski definition) is 2. The zero-order chi connectivity index (χ0) is 28.2. The molecular formula is C32H30BrClN6O. The quantitative estimate of drug-likeness (QED) is 0.196. The van der Waals surface area contributed by atoms with Crippen molar-refractivity contribution in [1.29, 1.82) is 0 Å². The van der Waals surface area contributed by atoms with Gasteiger partial charge in [-0.3, -0.25) is 0 Å². The number of hydrogen-bond acceptors (Lipinski definition) is 4. The molecule has 1 saturated heterocycles. The van der Waals surface area contributed by atoms with E-state index in [0.29, 0.717) is 23.8 Å². The fraction of sp³-hybridized carbons (Fsp3) is 0.219. The molecule has 3 heterocycles. The van der Waals surface area contributed by atoms with Crippen molar-refractivity contribution in [3.63, 3.8) is 0 Å². The van der Waals surface area contributed by atoms with E-state index in [1.165, 1.54) is 0 Å². The van der Waals surface area contributed by atoms with Gasteiger partial charge in [-0.05, 0) is 51.9 Å². The summed E-state index contributed by atoms with van der Waals surface area (Å²) in [5.41, 5.74) is 4.46. The van der Waals surface area contributed by atoms with Gasteiger partial charge in [-0.15, -0.1) is 0 Å². The van der Waals surface area contributed by atoms with E-state index in [4.69, 9.17) is 16.6 Å². The Morgan fingerprint density at radius 2 is 1.68 bits per heavy atom. The van der Waals surface area contributed by atoms with E-state index in [1.807, 2.05) is 71.6 Å². The van der Waals surface area contributed by atoms with Gasteiger partial charge in [0.25, 0.3) is 0 Å². The zero-order valence-electron chi connectivity index (χ0n) is 22.4. The molecule has 2 aromatic heterocycles. The summed E-state index contributed by atoms with van der Waals surface area (Å²) in [6, 6.07) is 29.6. The molecule has 1 unspecified atom stereocenters. The van der Waals surface area contributed by atoms with E-state index >= 15 is 0 Å². The molecule has 6 rings (SSSR count). The predicted molar refractivity (Wildman–Crippen MR) is 167 cm³/mol. The summed E-state index contributed by atoms with van der Waals surface area (Å²) in [6.45, 7) is 2.10. The van der Waals surface area contributed by atoms with Crippen LogP contribution < -0.4 is 10.6 Å². The van der Waals surface area contributed by atoms with Crippen LogP contribution in [-0.2, 0) is 0 Å². The fourth-order valence-electron chi connectivity index (χ4n) is 5.40. The monoisotopic (exact) mass is 628 g/mol. The van der Waals surface area contributed by atoms with Crippen molar-refractivity contribution in [2.45, 2.75) is 18.9 Å². The van der Waals surface area contributed by atoms with Crippen LogP contribution in [0, 0.1) is 5.92 Å². The summed E-state index contributed by atoms with van der Waals surface area (Å²) >= 11 is 10.1. The standard InChI is InChI=1S/C32H30BrClN6O/c33-26-20-36-40-29(18-28(37-31(26)40)25-15-7-8-16-27(25)34)35-19-22-10-9-17-39(21-22)32(41)38-30(23-11-3-1-4-12-23)24-13-5-2-6-14-24/h1-8,11-16,18,20,22,30,35H,9-10,17,19,21H2,(H,38,41). The summed E-state index contributed by atoms with van der Waals surface area (Å²) in [5, 5.41) is 12.0. The number of carbonyl (C=O) groups is 1. The molecule has 7 nitrogen and oxygen atoms in total. The zero-order valence-corrected chi connectivity index (χ0v) is 24.7. The molecule has 0 bridgehead atoms. The number of fused-ring (bicyclic) bond motifs is 1. The van der Waals surface area contributed by atoms with Crippen LogP contribution in [0.5, 0.6) is 0 Å². The average molecular weight is 630 g/mol. The van der Waals surface area contributed by atoms with Crippen LogP contribution in [0.3, 0.4) is 0 Å². The second-order valence-electron chi connectivity index (χ2n) is 10.3. The van der Waals surface area contributed by atoms with Crippen molar-refractivity contribution >= 4 is 45.0 Å².